The maximum absolute atomic E-state index is 13.3. The van der Waals surface area contributed by atoms with Crippen molar-refractivity contribution >= 4 is 29.4 Å². The molecule has 0 saturated heterocycles. The number of phenols is 1. The third-order valence-corrected chi connectivity index (χ3v) is 3.09. The number of benzene rings is 2. The van der Waals surface area contributed by atoms with Crippen molar-refractivity contribution < 1.29 is 24.0 Å². The van der Waals surface area contributed by atoms with Crippen molar-refractivity contribution in [3.63, 3.8) is 0 Å². The molecule has 25 heavy (non-hydrogen) atoms. The van der Waals surface area contributed by atoms with Gasteiger partial charge in [-0.05, 0) is 18.2 Å². The Balaban J connectivity index is 1.98. The second-order valence-corrected chi connectivity index (χ2v) is 5.07. The van der Waals surface area contributed by atoms with Gasteiger partial charge in [0.1, 0.15) is 0 Å². The summed E-state index contributed by atoms with van der Waals surface area (Å²) < 4.78 is 18.3. The maximum Gasteiger partial charge on any atom is 0.312 e. The Morgan fingerprint density at radius 3 is 2.84 bits per heavy atom. The molecule has 1 amide bonds. The van der Waals surface area contributed by atoms with Crippen LogP contribution in [0.4, 0.5) is 10.1 Å². The van der Waals surface area contributed by atoms with E-state index in [0.29, 0.717) is 0 Å². The second-order valence-electron chi connectivity index (χ2n) is 4.63. The number of phenolic OH excluding ortho intramolecular Hbond substituents is 1. The average molecular weight is 368 g/mol. The fourth-order valence-electron chi connectivity index (χ4n) is 1.75. The van der Waals surface area contributed by atoms with Crippen LogP contribution in [0.1, 0.15) is 5.56 Å². The summed E-state index contributed by atoms with van der Waals surface area (Å²) >= 11 is 5.72. The molecular formula is C15H11ClFN3O5. The molecule has 2 aromatic rings. The number of nitro groups is 1. The number of halogens is 2. The number of ether oxygens (including phenoxy) is 1. The Morgan fingerprint density at radius 2 is 2.16 bits per heavy atom. The van der Waals surface area contributed by atoms with Crippen LogP contribution in [0.25, 0.3) is 0 Å². The summed E-state index contributed by atoms with van der Waals surface area (Å²) in [6.07, 6.45) is 0.981. The molecule has 130 valence electrons. The minimum absolute atomic E-state index is 0.0140. The van der Waals surface area contributed by atoms with Crippen molar-refractivity contribution in [2.24, 2.45) is 5.10 Å². The van der Waals surface area contributed by atoms with E-state index in [1.165, 1.54) is 24.3 Å². The van der Waals surface area contributed by atoms with Gasteiger partial charge in [0.2, 0.25) is 5.75 Å². The number of aromatic hydroxyl groups is 1. The molecule has 0 atom stereocenters. The first kappa shape index (κ1) is 18.1. The highest BCUT2D eigenvalue weighted by Gasteiger charge is 2.17. The highest BCUT2D eigenvalue weighted by molar-refractivity contribution is 6.31. The molecule has 0 aliphatic heterocycles. The normalized spacial score (nSPS) is 10.6. The maximum atomic E-state index is 13.3. The van der Waals surface area contributed by atoms with E-state index in [0.717, 1.165) is 12.3 Å². The van der Waals surface area contributed by atoms with Crippen LogP contribution in [0.2, 0.25) is 5.02 Å². The number of carbonyl (C=O) groups excluding carboxylic acids is 1. The minimum atomic E-state index is -0.806. The van der Waals surface area contributed by atoms with Gasteiger partial charge in [-0.15, -0.1) is 0 Å². The highest BCUT2D eigenvalue weighted by atomic mass is 35.5. The molecule has 0 heterocycles. The summed E-state index contributed by atoms with van der Waals surface area (Å²) in [7, 11) is 0. The van der Waals surface area contributed by atoms with E-state index in [1.54, 1.807) is 6.07 Å². The Bertz CT molecular complexity index is 844. The third-order valence-electron chi connectivity index (χ3n) is 2.87. The predicted octanol–water partition coefficient (Wildman–Crippen LogP) is 2.62. The van der Waals surface area contributed by atoms with Gasteiger partial charge in [-0.2, -0.15) is 5.10 Å². The van der Waals surface area contributed by atoms with Gasteiger partial charge in [0.25, 0.3) is 5.91 Å². The smallest absolute Gasteiger partial charge is 0.312 e. The molecule has 0 radical (unpaired) electrons. The number of rotatable bonds is 6. The largest absolute Gasteiger partial charge is 0.502 e. The Labute approximate surface area is 145 Å². The van der Waals surface area contributed by atoms with Crippen LogP contribution in [0.15, 0.2) is 41.5 Å². The van der Waals surface area contributed by atoms with Gasteiger partial charge < -0.3 is 9.84 Å². The van der Waals surface area contributed by atoms with Crippen molar-refractivity contribution in [2.45, 2.75) is 0 Å². The molecule has 10 heteroatoms. The topological polar surface area (TPSA) is 114 Å². The number of hydrogen-bond donors (Lipinski definition) is 2. The lowest BCUT2D eigenvalue weighted by atomic mass is 10.2. The summed E-state index contributed by atoms with van der Waals surface area (Å²) in [5.41, 5.74) is 1.42. The van der Waals surface area contributed by atoms with E-state index in [2.05, 4.69) is 10.5 Å². The van der Waals surface area contributed by atoms with Crippen LogP contribution in [0.5, 0.6) is 11.5 Å². The van der Waals surface area contributed by atoms with E-state index in [1.807, 2.05) is 0 Å². The fourth-order valence-corrected chi connectivity index (χ4v) is 1.98. The van der Waals surface area contributed by atoms with Crippen molar-refractivity contribution in [3.05, 3.63) is 62.9 Å². The molecule has 0 unspecified atom stereocenters. The van der Waals surface area contributed by atoms with Gasteiger partial charge in [0.15, 0.2) is 18.2 Å². The van der Waals surface area contributed by atoms with E-state index in [9.17, 15) is 24.4 Å². The Morgan fingerprint density at radius 1 is 1.44 bits per heavy atom. The van der Waals surface area contributed by atoms with Gasteiger partial charge in [-0.3, -0.25) is 14.9 Å². The summed E-state index contributed by atoms with van der Waals surface area (Å²) in [4.78, 5) is 21.6. The van der Waals surface area contributed by atoms with E-state index >= 15 is 0 Å². The zero-order valence-electron chi connectivity index (χ0n) is 12.5. The van der Waals surface area contributed by atoms with E-state index in [4.69, 9.17) is 16.3 Å². The van der Waals surface area contributed by atoms with Crippen LogP contribution < -0.4 is 10.2 Å². The first-order chi connectivity index (χ1) is 11.9. The number of nitro benzene ring substituents is 1. The molecule has 2 rings (SSSR count). The van der Waals surface area contributed by atoms with Crippen molar-refractivity contribution in [1.29, 1.82) is 0 Å². The van der Waals surface area contributed by atoms with Gasteiger partial charge in [0.05, 0.1) is 11.1 Å². The van der Waals surface area contributed by atoms with Crippen LogP contribution >= 0.6 is 11.6 Å². The molecule has 2 N–H and O–H groups in total. The van der Waals surface area contributed by atoms with E-state index < -0.39 is 34.7 Å². The van der Waals surface area contributed by atoms with Crippen LogP contribution in [0.3, 0.4) is 0 Å². The van der Waals surface area contributed by atoms with Crippen molar-refractivity contribution in [2.75, 3.05) is 6.61 Å². The number of hydrazone groups is 1. The van der Waals surface area contributed by atoms with Gasteiger partial charge in [-0.1, -0.05) is 23.7 Å². The zero-order chi connectivity index (χ0) is 18.4. The number of nitrogens with one attached hydrogen (secondary N) is 1. The summed E-state index contributed by atoms with van der Waals surface area (Å²) in [6.45, 7) is -0.500. The first-order valence-electron chi connectivity index (χ1n) is 6.74. The molecule has 0 aliphatic carbocycles. The molecule has 0 spiro atoms. The molecule has 0 bridgehead atoms. The average Bonchev–Trinajstić information content (AvgIpc) is 2.56. The lowest BCUT2D eigenvalue weighted by molar-refractivity contribution is -0.385. The molecule has 0 saturated carbocycles. The fraction of sp³-hybridized carbons (Fsp3) is 0.0667. The Hall–Kier alpha value is -3.20. The molecule has 0 aromatic heterocycles. The summed E-state index contributed by atoms with van der Waals surface area (Å²) in [5.74, 6) is -2.05. The van der Waals surface area contributed by atoms with Crippen molar-refractivity contribution in [1.82, 2.24) is 5.43 Å². The third kappa shape index (κ3) is 4.88. The van der Waals surface area contributed by atoms with Gasteiger partial charge in [-0.25, -0.2) is 9.82 Å². The number of amides is 1. The monoisotopic (exact) mass is 367 g/mol. The molecule has 8 nitrogen and oxygen atoms in total. The summed E-state index contributed by atoms with van der Waals surface area (Å²) in [6, 6.07) is 7.77. The number of hydrogen-bond acceptors (Lipinski definition) is 6. The molecule has 0 aliphatic rings. The first-order valence-corrected chi connectivity index (χ1v) is 7.12. The Kier molecular flexibility index (Phi) is 5.85. The van der Waals surface area contributed by atoms with Gasteiger partial charge >= 0.3 is 5.69 Å². The highest BCUT2D eigenvalue weighted by Crippen LogP contribution is 2.32. The lowest BCUT2D eigenvalue weighted by Gasteiger charge is -2.05. The van der Waals surface area contributed by atoms with Crippen LogP contribution in [-0.4, -0.2) is 28.8 Å². The molecular weight excluding hydrogens is 357 g/mol. The lowest BCUT2D eigenvalue weighted by Crippen LogP contribution is -2.24. The second kappa shape index (κ2) is 8.06. The molecule has 0 fully saturated rings. The van der Waals surface area contributed by atoms with Crippen LogP contribution in [-0.2, 0) is 4.79 Å². The van der Waals surface area contributed by atoms with Crippen LogP contribution in [0, 0.1) is 15.9 Å². The quantitative estimate of drug-likeness (QED) is 0.462. The minimum Gasteiger partial charge on any atom is -0.502 e. The van der Waals surface area contributed by atoms with Crippen molar-refractivity contribution in [3.8, 4) is 11.5 Å². The molecule has 2 aromatic carbocycles. The SMILES string of the molecule is O=C(COc1ccccc1F)N/N=C\c1cc(Cl)cc([N+](=O)[O-])c1O. The standard InChI is InChI=1S/C15H11ClFN3O5/c16-10-5-9(15(22)12(6-10)20(23)24)7-18-19-14(21)8-25-13-4-2-1-3-11(13)17/h1-7,22H,8H2,(H,19,21)/b18-7-. The number of para-hydroxylation sites is 1. The number of carbonyl (C=O) groups is 1. The number of nitrogens with zero attached hydrogens (tertiary/aromatic N) is 2. The predicted molar refractivity (Wildman–Crippen MR) is 87.4 cm³/mol. The zero-order valence-corrected chi connectivity index (χ0v) is 13.2. The summed E-state index contributed by atoms with van der Waals surface area (Å²) in [5, 5.41) is 24.1. The van der Waals surface area contributed by atoms with E-state index in [-0.39, 0.29) is 16.3 Å². The van der Waals surface area contributed by atoms with Gasteiger partial charge in [0, 0.05) is 16.7 Å².